The number of rotatable bonds is 2. The standard InChI is InChI=1S/C11H10N2O5/c1-6-5-13(11(16)12-9(6)14)8-4-3-7(18-8)10(15)17-2/h3-5H,1-2H3,(H,12,14,16). The van der Waals surface area contributed by atoms with Gasteiger partial charge in [0.1, 0.15) is 0 Å². The van der Waals surface area contributed by atoms with Crippen LogP contribution in [0, 0.1) is 6.92 Å². The quantitative estimate of drug-likeness (QED) is 0.769. The second-order valence-corrected chi connectivity index (χ2v) is 3.57. The fraction of sp³-hybridized carbons (Fsp3) is 0.182. The average molecular weight is 250 g/mol. The van der Waals surface area contributed by atoms with E-state index in [-0.39, 0.29) is 11.6 Å². The molecule has 94 valence electrons. The second kappa shape index (κ2) is 4.36. The highest BCUT2D eigenvalue weighted by Gasteiger charge is 2.13. The van der Waals surface area contributed by atoms with Gasteiger partial charge in [0, 0.05) is 17.8 Å². The molecule has 0 aliphatic carbocycles. The van der Waals surface area contributed by atoms with Crippen LogP contribution in [0.2, 0.25) is 0 Å². The van der Waals surface area contributed by atoms with Crippen LogP contribution in [0.1, 0.15) is 16.1 Å². The number of aromatic amines is 1. The van der Waals surface area contributed by atoms with Gasteiger partial charge in [0.2, 0.25) is 11.6 Å². The summed E-state index contributed by atoms with van der Waals surface area (Å²) in [6.07, 6.45) is 1.33. The highest BCUT2D eigenvalue weighted by atomic mass is 16.5. The molecule has 0 radical (unpaired) electrons. The third-order valence-electron chi connectivity index (χ3n) is 2.34. The van der Waals surface area contributed by atoms with Gasteiger partial charge in [0.15, 0.2) is 0 Å². The minimum atomic E-state index is -0.643. The smallest absolute Gasteiger partial charge is 0.374 e. The molecule has 7 heteroatoms. The van der Waals surface area contributed by atoms with Crippen molar-refractivity contribution >= 4 is 5.97 Å². The number of carbonyl (C=O) groups is 1. The van der Waals surface area contributed by atoms with Gasteiger partial charge in [-0.3, -0.25) is 9.78 Å². The summed E-state index contributed by atoms with van der Waals surface area (Å²) in [5, 5.41) is 0. The Bertz CT molecular complexity index is 707. The fourth-order valence-corrected chi connectivity index (χ4v) is 1.40. The molecular formula is C11H10N2O5. The maximum atomic E-state index is 11.6. The molecule has 2 aromatic heterocycles. The minimum Gasteiger partial charge on any atom is -0.463 e. The Morgan fingerprint density at radius 3 is 2.78 bits per heavy atom. The van der Waals surface area contributed by atoms with E-state index in [1.807, 2.05) is 0 Å². The van der Waals surface area contributed by atoms with E-state index in [4.69, 9.17) is 4.42 Å². The number of H-pyrrole nitrogens is 1. The number of esters is 1. The molecule has 1 N–H and O–H groups in total. The summed E-state index contributed by atoms with van der Waals surface area (Å²) in [6, 6.07) is 2.82. The van der Waals surface area contributed by atoms with Crippen LogP contribution in [-0.2, 0) is 4.74 Å². The predicted molar refractivity (Wildman–Crippen MR) is 61.0 cm³/mol. The van der Waals surface area contributed by atoms with Gasteiger partial charge in [0.25, 0.3) is 5.56 Å². The zero-order valence-electron chi connectivity index (χ0n) is 9.72. The molecule has 0 amide bonds. The summed E-state index contributed by atoms with van der Waals surface area (Å²) < 4.78 is 10.7. The fourth-order valence-electron chi connectivity index (χ4n) is 1.40. The van der Waals surface area contributed by atoms with Gasteiger partial charge in [-0.1, -0.05) is 0 Å². The van der Waals surface area contributed by atoms with Crippen LogP contribution in [0.3, 0.4) is 0 Å². The van der Waals surface area contributed by atoms with Gasteiger partial charge in [0.05, 0.1) is 7.11 Å². The van der Waals surface area contributed by atoms with Gasteiger partial charge in [-0.2, -0.15) is 0 Å². The first-order chi connectivity index (χ1) is 8.52. The third-order valence-corrected chi connectivity index (χ3v) is 2.34. The Morgan fingerprint density at radius 2 is 2.11 bits per heavy atom. The molecule has 0 atom stereocenters. The maximum absolute atomic E-state index is 11.6. The molecule has 7 nitrogen and oxygen atoms in total. The predicted octanol–water partition coefficient (Wildman–Crippen LogP) is 0.214. The van der Waals surface area contributed by atoms with Crippen molar-refractivity contribution in [3.05, 3.63) is 50.5 Å². The lowest BCUT2D eigenvalue weighted by Crippen LogP contribution is -2.29. The molecule has 0 aliphatic rings. The summed E-state index contributed by atoms with van der Waals surface area (Å²) in [7, 11) is 1.22. The first-order valence-corrected chi connectivity index (χ1v) is 5.04. The molecule has 0 saturated heterocycles. The van der Waals surface area contributed by atoms with Gasteiger partial charge >= 0.3 is 11.7 Å². The molecule has 0 bridgehead atoms. The molecule has 18 heavy (non-hydrogen) atoms. The number of carbonyl (C=O) groups excluding carboxylic acids is 1. The van der Waals surface area contributed by atoms with Crippen molar-refractivity contribution in [3.8, 4) is 5.88 Å². The van der Waals surface area contributed by atoms with Gasteiger partial charge < -0.3 is 9.15 Å². The van der Waals surface area contributed by atoms with Crippen LogP contribution >= 0.6 is 0 Å². The van der Waals surface area contributed by atoms with Crippen LogP contribution in [0.15, 0.2) is 32.3 Å². The van der Waals surface area contributed by atoms with Gasteiger partial charge in [-0.05, 0) is 13.0 Å². The number of ether oxygens (including phenoxy) is 1. The number of hydrogen-bond donors (Lipinski definition) is 1. The monoisotopic (exact) mass is 250 g/mol. The molecule has 0 aromatic carbocycles. The van der Waals surface area contributed by atoms with E-state index in [2.05, 4.69) is 9.72 Å². The molecule has 0 aliphatic heterocycles. The molecule has 0 unspecified atom stereocenters. The molecule has 2 aromatic rings. The topological polar surface area (TPSA) is 94.3 Å². The van der Waals surface area contributed by atoms with Crippen LogP contribution < -0.4 is 11.2 Å². The summed E-state index contributed by atoms with van der Waals surface area (Å²) in [4.78, 5) is 36.1. The zero-order chi connectivity index (χ0) is 13.3. The molecule has 2 heterocycles. The lowest BCUT2D eigenvalue weighted by molar-refractivity contribution is 0.0565. The van der Waals surface area contributed by atoms with E-state index in [0.29, 0.717) is 5.56 Å². The number of hydrogen-bond acceptors (Lipinski definition) is 5. The lowest BCUT2D eigenvalue weighted by Gasteiger charge is -2.01. The van der Waals surface area contributed by atoms with Crippen molar-refractivity contribution < 1.29 is 13.9 Å². The highest BCUT2D eigenvalue weighted by Crippen LogP contribution is 2.11. The minimum absolute atomic E-state index is 0.0248. The van der Waals surface area contributed by atoms with Crippen LogP contribution in [0.4, 0.5) is 0 Å². The van der Waals surface area contributed by atoms with Gasteiger partial charge in [-0.25, -0.2) is 14.2 Å². The Balaban J connectivity index is 2.53. The van der Waals surface area contributed by atoms with Crippen molar-refractivity contribution in [2.75, 3.05) is 7.11 Å². The Morgan fingerprint density at radius 1 is 1.39 bits per heavy atom. The van der Waals surface area contributed by atoms with Crippen molar-refractivity contribution in [1.29, 1.82) is 0 Å². The van der Waals surface area contributed by atoms with E-state index in [9.17, 15) is 14.4 Å². The lowest BCUT2D eigenvalue weighted by atomic mass is 10.4. The summed E-state index contributed by atoms with van der Waals surface area (Å²) in [6.45, 7) is 1.55. The first kappa shape index (κ1) is 11.9. The van der Waals surface area contributed by atoms with E-state index in [1.165, 1.54) is 25.4 Å². The first-order valence-electron chi connectivity index (χ1n) is 5.04. The SMILES string of the molecule is COC(=O)c1ccc(-n2cc(C)c(=O)[nH]c2=O)o1. The van der Waals surface area contributed by atoms with Crippen molar-refractivity contribution in [1.82, 2.24) is 9.55 Å². The molecule has 0 fully saturated rings. The van der Waals surface area contributed by atoms with Crippen molar-refractivity contribution in [2.45, 2.75) is 6.92 Å². The molecule has 2 rings (SSSR count). The summed E-state index contributed by atoms with van der Waals surface area (Å²) in [5.41, 5.74) is -0.752. The van der Waals surface area contributed by atoms with E-state index >= 15 is 0 Å². The Labute approximate surface area is 101 Å². The van der Waals surface area contributed by atoms with Crippen LogP contribution in [0.5, 0.6) is 0 Å². The van der Waals surface area contributed by atoms with E-state index < -0.39 is 17.2 Å². The molecule has 0 saturated carbocycles. The van der Waals surface area contributed by atoms with Crippen LogP contribution in [-0.4, -0.2) is 22.6 Å². The van der Waals surface area contributed by atoms with Crippen LogP contribution in [0.25, 0.3) is 5.88 Å². The van der Waals surface area contributed by atoms with Crippen molar-refractivity contribution in [3.63, 3.8) is 0 Å². The number of aryl methyl sites for hydroxylation is 1. The highest BCUT2D eigenvalue weighted by molar-refractivity contribution is 5.86. The second-order valence-electron chi connectivity index (χ2n) is 3.57. The maximum Gasteiger partial charge on any atom is 0.374 e. The number of furan rings is 1. The number of aromatic nitrogens is 2. The van der Waals surface area contributed by atoms with E-state index in [0.717, 1.165) is 4.57 Å². The third kappa shape index (κ3) is 1.97. The van der Waals surface area contributed by atoms with Crippen molar-refractivity contribution in [2.24, 2.45) is 0 Å². The zero-order valence-corrected chi connectivity index (χ0v) is 9.72. The number of nitrogens with one attached hydrogen (secondary N) is 1. The Kier molecular flexibility index (Phi) is 2.88. The van der Waals surface area contributed by atoms with Gasteiger partial charge in [-0.15, -0.1) is 0 Å². The summed E-state index contributed by atoms with van der Waals surface area (Å²) >= 11 is 0. The largest absolute Gasteiger partial charge is 0.463 e. The number of nitrogens with zero attached hydrogens (tertiary/aromatic N) is 1. The molecule has 0 spiro atoms. The molecular weight excluding hydrogens is 240 g/mol. The Hall–Kier alpha value is -2.57. The normalized spacial score (nSPS) is 10.3. The summed E-state index contributed by atoms with van der Waals surface area (Å²) in [5.74, 6) is -0.543. The van der Waals surface area contributed by atoms with E-state index in [1.54, 1.807) is 6.92 Å². The number of methoxy groups -OCH3 is 1. The average Bonchev–Trinajstić information content (AvgIpc) is 2.82.